The van der Waals surface area contributed by atoms with Gasteiger partial charge in [0.25, 0.3) is 0 Å². The number of nitrogens with zero attached hydrogens (tertiary/aromatic N) is 1. The molecule has 0 saturated carbocycles. The van der Waals surface area contributed by atoms with Gasteiger partial charge in [0, 0.05) is 18.7 Å². The summed E-state index contributed by atoms with van der Waals surface area (Å²) in [4.78, 5) is 14.3. The van der Waals surface area contributed by atoms with Crippen LogP contribution in [-0.2, 0) is 4.79 Å². The van der Waals surface area contributed by atoms with Gasteiger partial charge in [0.15, 0.2) is 0 Å². The number of likely N-dealkylation sites (tertiary alicyclic amines) is 1. The Labute approximate surface area is 149 Å². The fourth-order valence-corrected chi connectivity index (χ4v) is 3.26. The van der Waals surface area contributed by atoms with E-state index < -0.39 is 0 Å². The van der Waals surface area contributed by atoms with Gasteiger partial charge in [-0.3, -0.25) is 4.79 Å². The van der Waals surface area contributed by atoms with Gasteiger partial charge in [-0.1, -0.05) is 55.5 Å². The van der Waals surface area contributed by atoms with Gasteiger partial charge in [0.1, 0.15) is 5.75 Å². The molecule has 0 aromatic heterocycles. The van der Waals surface area contributed by atoms with E-state index >= 15 is 0 Å². The molecule has 4 nitrogen and oxygen atoms in total. The summed E-state index contributed by atoms with van der Waals surface area (Å²) in [6, 6.07) is 18.1. The van der Waals surface area contributed by atoms with Gasteiger partial charge in [0.05, 0.1) is 13.0 Å². The summed E-state index contributed by atoms with van der Waals surface area (Å²) in [5, 5.41) is 0. The summed E-state index contributed by atoms with van der Waals surface area (Å²) in [7, 11) is 0. The van der Waals surface area contributed by atoms with E-state index in [4.69, 9.17) is 10.5 Å². The molecule has 2 aromatic carbocycles. The van der Waals surface area contributed by atoms with Crippen LogP contribution in [0.4, 0.5) is 0 Å². The zero-order valence-electron chi connectivity index (χ0n) is 14.8. The van der Waals surface area contributed by atoms with Crippen LogP contribution in [-0.4, -0.2) is 37.0 Å². The van der Waals surface area contributed by atoms with E-state index in [-0.39, 0.29) is 11.3 Å². The molecule has 1 fully saturated rings. The Morgan fingerprint density at radius 1 is 1.16 bits per heavy atom. The van der Waals surface area contributed by atoms with Crippen molar-refractivity contribution in [3.8, 4) is 16.9 Å². The van der Waals surface area contributed by atoms with E-state index in [1.807, 2.05) is 47.4 Å². The van der Waals surface area contributed by atoms with E-state index in [1.165, 1.54) is 0 Å². The summed E-state index contributed by atoms with van der Waals surface area (Å²) in [5.74, 6) is 0.962. The maximum Gasteiger partial charge on any atom is 0.226 e. The van der Waals surface area contributed by atoms with E-state index in [9.17, 15) is 4.79 Å². The van der Waals surface area contributed by atoms with Gasteiger partial charge in [-0.15, -0.1) is 0 Å². The average Bonchev–Trinajstić information content (AvgIpc) is 3.06. The first-order valence-electron chi connectivity index (χ1n) is 8.86. The lowest BCUT2D eigenvalue weighted by atomic mass is 9.90. The normalized spacial score (nSPS) is 19.8. The molecule has 25 heavy (non-hydrogen) atoms. The smallest absolute Gasteiger partial charge is 0.226 e. The van der Waals surface area contributed by atoms with Crippen molar-refractivity contribution >= 4 is 5.91 Å². The average molecular weight is 338 g/mol. The SMILES string of the molecule is CC1(CN)CCN(C(=O)CCOc2ccccc2-c2ccccc2)C1. The molecule has 1 aliphatic rings. The molecule has 1 atom stereocenters. The number of nitrogens with two attached hydrogens (primary N) is 1. The fourth-order valence-electron chi connectivity index (χ4n) is 3.26. The number of ether oxygens (including phenoxy) is 1. The zero-order chi connectivity index (χ0) is 17.7. The van der Waals surface area contributed by atoms with Crippen molar-refractivity contribution in [2.75, 3.05) is 26.2 Å². The number of carbonyl (C=O) groups is 1. The molecular formula is C21H26N2O2. The predicted molar refractivity (Wildman–Crippen MR) is 100 cm³/mol. The monoisotopic (exact) mass is 338 g/mol. The second-order valence-electron chi connectivity index (χ2n) is 7.04. The number of para-hydroxylation sites is 1. The van der Waals surface area contributed by atoms with E-state index in [0.717, 1.165) is 36.4 Å². The van der Waals surface area contributed by atoms with Crippen LogP contribution in [0, 0.1) is 5.41 Å². The van der Waals surface area contributed by atoms with Crippen molar-refractivity contribution in [1.29, 1.82) is 0 Å². The Morgan fingerprint density at radius 3 is 2.60 bits per heavy atom. The molecule has 4 heteroatoms. The highest BCUT2D eigenvalue weighted by atomic mass is 16.5. The third kappa shape index (κ3) is 4.20. The maximum absolute atomic E-state index is 12.4. The standard InChI is InChI=1S/C21H26N2O2/c1-21(15-22)12-13-23(16-21)20(24)11-14-25-19-10-6-5-9-18(19)17-7-3-2-4-8-17/h2-10H,11-16,22H2,1H3. The predicted octanol–water partition coefficient (Wildman–Crippen LogP) is 3.32. The van der Waals surface area contributed by atoms with Crippen LogP contribution < -0.4 is 10.5 Å². The summed E-state index contributed by atoms with van der Waals surface area (Å²) in [5.41, 5.74) is 8.04. The highest BCUT2D eigenvalue weighted by Gasteiger charge is 2.34. The van der Waals surface area contributed by atoms with Gasteiger partial charge in [-0.25, -0.2) is 0 Å². The second-order valence-corrected chi connectivity index (χ2v) is 7.04. The van der Waals surface area contributed by atoms with Crippen molar-refractivity contribution in [2.24, 2.45) is 11.1 Å². The molecule has 1 unspecified atom stereocenters. The van der Waals surface area contributed by atoms with E-state index in [0.29, 0.717) is 19.6 Å². The summed E-state index contributed by atoms with van der Waals surface area (Å²) < 4.78 is 5.93. The fraction of sp³-hybridized carbons (Fsp3) is 0.381. The van der Waals surface area contributed by atoms with Crippen LogP contribution in [0.5, 0.6) is 5.75 Å². The number of amides is 1. The molecular weight excluding hydrogens is 312 g/mol. The lowest BCUT2D eigenvalue weighted by molar-refractivity contribution is -0.131. The third-order valence-electron chi connectivity index (χ3n) is 4.95. The molecule has 0 radical (unpaired) electrons. The van der Waals surface area contributed by atoms with E-state index in [1.54, 1.807) is 0 Å². The maximum atomic E-state index is 12.4. The van der Waals surface area contributed by atoms with Gasteiger partial charge >= 0.3 is 0 Å². The molecule has 2 N–H and O–H groups in total. The van der Waals surface area contributed by atoms with Crippen molar-refractivity contribution in [3.63, 3.8) is 0 Å². The molecule has 1 saturated heterocycles. The summed E-state index contributed by atoms with van der Waals surface area (Å²) in [6.07, 6.45) is 1.37. The highest BCUT2D eigenvalue weighted by Crippen LogP contribution is 2.30. The number of hydrogen-bond acceptors (Lipinski definition) is 3. The van der Waals surface area contributed by atoms with Crippen molar-refractivity contribution in [1.82, 2.24) is 4.90 Å². The molecule has 0 bridgehead atoms. The molecule has 2 aromatic rings. The Balaban J connectivity index is 1.57. The van der Waals surface area contributed by atoms with E-state index in [2.05, 4.69) is 19.1 Å². The first-order valence-corrected chi connectivity index (χ1v) is 8.86. The number of carbonyl (C=O) groups excluding carboxylic acids is 1. The number of hydrogen-bond donors (Lipinski definition) is 1. The molecule has 1 aliphatic heterocycles. The largest absolute Gasteiger partial charge is 0.492 e. The molecule has 0 spiro atoms. The molecule has 132 valence electrons. The van der Waals surface area contributed by atoms with Crippen LogP contribution >= 0.6 is 0 Å². The minimum Gasteiger partial charge on any atom is -0.492 e. The lowest BCUT2D eigenvalue weighted by Crippen LogP contribution is -2.35. The van der Waals surface area contributed by atoms with Gasteiger partial charge < -0.3 is 15.4 Å². The molecule has 0 aliphatic carbocycles. The van der Waals surface area contributed by atoms with Gasteiger partial charge in [0.2, 0.25) is 5.91 Å². The molecule has 1 heterocycles. The Morgan fingerprint density at radius 2 is 1.88 bits per heavy atom. The minimum atomic E-state index is 0.0659. The Hall–Kier alpha value is -2.33. The zero-order valence-corrected chi connectivity index (χ0v) is 14.8. The van der Waals surface area contributed by atoms with Crippen molar-refractivity contribution < 1.29 is 9.53 Å². The first kappa shape index (κ1) is 17.5. The quantitative estimate of drug-likeness (QED) is 0.879. The van der Waals surface area contributed by atoms with Crippen LogP contribution in [0.1, 0.15) is 19.8 Å². The Bertz CT molecular complexity index is 717. The summed E-state index contributed by atoms with van der Waals surface area (Å²) >= 11 is 0. The number of benzene rings is 2. The van der Waals surface area contributed by atoms with Gasteiger partial charge in [-0.2, -0.15) is 0 Å². The van der Waals surface area contributed by atoms with Crippen LogP contribution in [0.3, 0.4) is 0 Å². The third-order valence-corrected chi connectivity index (χ3v) is 4.95. The Kier molecular flexibility index (Phi) is 5.39. The summed E-state index contributed by atoms with van der Waals surface area (Å²) in [6.45, 7) is 4.71. The topological polar surface area (TPSA) is 55.6 Å². The van der Waals surface area contributed by atoms with Crippen molar-refractivity contribution in [2.45, 2.75) is 19.8 Å². The van der Waals surface area contributed by atoms with Gasteiger partial charge in [-0.05, 0) is 30.0 Å². The minimum absolute atomic E-state index is 0.0659. The van der Waals surface area contributed by atoms with Crippen LogP contribution in [0.2, 0.25) is 0 Å². The van der Waals surface area contributed by atoms with Crippen molar-refractivity contribution in [3.05, 3.63) is 54.6 Å². The molecule has 3 rings (SSSR count). The second kappa shape index (κ2) is 7.70. The van der Waals surface area contributed by atoms with Crippen LogP contribution in [0.25, 0.3) is 11.1 Å². The number of rotatable bonds is 6. The molecule has 1 amide bonds. The highest BCUT2D eigenvalue weighted by molar-refractivity contribution is 5.77. The van der Waals surface area contributed by atoms with Crippen LogP contribution in [0.15, 0.2) is 54.6 Å². The lowest BCUT2D eigenvalue weighted by Gasteiger charge is -2.22. The first-order chi connectivity index (χ1) is 12.1.